The largest absolute Gasteiger partial charge is 0.229 e. The van der Waals surface area contributed by atoms with Crippen LogP contribution in [0, 0.1) is 11.3 Å². The fourth-order valence-corrected chi connectivity index (χ4v) is 5.75. The van der Waals surface area contributed by atoms with Crippen molar-refractivity contribution >= 4 is 19.9 Å². The number of rotatable bonds is 7. The van der Waals surface area contributed by atoms with Crippen molar-refractivity contribution in [3.8, 4) is 0 Å². The fraction of sp³-hybridized carbons (Fsp3) is 1.00. The Hall–Kier alpha value is -0.140. The minimum Gasteiger partial charge on any atom is -0.229 e. The maximum absolute atomic E-state index is 12.4. The second-order valence-corrected chi connectivity index (χ2v) is 11.3. The van der Waals surface area contributed by atoms with Crippen LogP contribution in [0.25, 0.3) is 0 Å². The van der Waals surface area contributed by atoms with Gasteiger partial charge in [-0.3, -0.25) is 0 Å². The standard InChI is InChI=1S/C13H29NO4S2/c1-11(2)12(3,4)9-20(17,18)10-13(5,6)14(7)19(8,15)16/h11H,9-10H2,1-8H3. The highest BCUT2D eigenvalue weighted by molar-refractivity contribution is 7.91. The van der Waals surface area contributed by atoms with Gasteiger partial charge >= 0.3 is 0 Å². The van der Waals surface area contributed by atoms with Gasteiger partial charge in [0.15, 0.2) is 9.84 Å². The molecule has 0 aliphatic heterocycles. The lowest BCUT2D eigenvalue weighted by Crippen LogP contribution is -2.50. The van der Waals surface area contributed by atoms with Crippen molar-refractivity contribution in [1.29, 1.82) is 0 Å². The maximum Gasteiger partial charge on any atom is 0.211 e. The van der Waals surface area contributed by atoms with Crippen LogP contribution in [0.4, 0.5) is 0 Å². The first-order chi connectivity index (χ1) is 8.51. The second kappa shape index (κ2) is 5.93. The summed E-state index contributed by atoms with van der Waals surface area (Å²) in [5.41, 5.74) is -1.29. The van der Waals surface area contributed by atoms with Gasteiger partial charge in [0.25, 0.3) is 0 Å². The Labute approximate surface area is 124 Å². The molecule has 122 valence electrons. The molecule has 0 saturated heterocycles. The van der Waals surface area contributed by atoms with E-state index in [4.69, 9.17) is 0 Å². The van der Waals surface area contributed by atoms with E-state index in [1.807, 2.05) is 27.7 Å². The average Bonchev–Trinajstić information content (AvgIpc) is 2.10. The summed E-state index contributed by atoms with van der Waals surface area (Å²) >= 11 is 0. The summed E-state index contributed by atoms with van der Waals surface area (Å²) in [4.78, 5) is 0. The molecule has 0 aromatic heterocycles. The highest BCUT2D eigenvalue weighted by atomic mass is 32.2. The minimum absolute atomic E-state index is 0.0543. The zero-order valence-corrected chi connectivity index (χ0v) is 15.5. The van der Waals surface area contributed by atoms with Crippen molar-refractivity contribution in [1.82, 2.24) is 4.31 Å². The maximum atomic E-state index is 12.4. The van der Waals surface area contributed by atoms with E-state index in [0.29, 0.717) is 0 Å². The molecule has 0 fully saturated rings. The molecular formula is C13H29NO4S2. The van der Waals surface area contributed by atoms with Crippen LogP contribution >= 0.6 is 0 Å². The van der Waals surface area contributed by atoms with Crippen molar-refractivity contribution in [2.45, 2.75) is 47.1 Å². The molecule has 0 radical (unpaired) electrons. The lowest BCUT2D eigenvalue weighted by atomic mass is 9.83. The smallest absolute Gasteiger partial charge is 0.211 e. The Kier molecular flexibility index (Phi) is 5.89. The molecule has 0 atom stereocenters. The van der Waals surface area contributed by atoms with Crippen LogP contribution in [0.2, 0.25) is 0 Å². The van der Waals surface area contributed by atoms with Crippen LogP contribution in [0.3, 0.4) is 0 Å². The van der Waals surface area contributed by atoms with Crippen LogP contribution in [0.15, 0.2) is 0 Å². The zero-order chi connectivity index (χ0) is 16.6. The Bertz CT molecular complexity index is 531. The van der Waals surface area contributed by atoms with Gasteiger partial charge in [-0.05, 0) is 25.2 Å². The summed E-state index contributed by atoms with van der Waals surface area (Å²) in [6, 6.07) is 0. The van der Waals surface area contributed by atoms with E-state index >= 15 is 0 Å². The molecule has 0 N–H and O–H groups in total. The molecule has 7 heteroatoms. The molecule has 0 bridgehead atoms. The lowest BCUT2D eigenvalue weighted by Gasteiger charge is -2.35. The van der Waals surface area contributed by atoms with Crippen molar-refractivity contribution in [3.05, 3.63) is 0 Å². The third-order valence-electron chi connectivity index (χ3n) is 4.08. The van der Waals surface area contributed by atoms with E-state index in [1.54, 1.807) is 13.8 Å². The molecule has 0 unspecified atom stereocenters. The predicted octanol–water partition coefficient (Wildman–Crippen LogP) is 1.75. The third kappa shape index (κ3) is 5.69. The topological polar surface area (TPSA) is 71.5 Å². The molecule has 0 amide bonds. The van der Waals surface area contributed by atoms with E-state index in [9.17, 15) is 16.8 Å². The molecular weight excluding hydrogens is 298 g/mol. The summed E-state index contributed by atoms with van der Waals surface area (Å²) in [5, 5.41) is 0. The Morgan fingerprint density at radius 3 is 1.65 bits per heavy atom. The van der Waals surface area contributed by atoms with Crippen molar-refractivity contribution < 1.29 is 16.8 Å². The van der Waals surface area contributed by atoms with Crippen molar-refractivity contribution in [2.24, 2.45) is 11.3 Å². The molecule has 0 heterocycles. The van der Waals surface area contributed by atoms with Crippen LogP contribution in [0.5, 0.6) is 0 Å². The highest BCUT2D eigenvalue weighted by Gasteiger charge is 2.37. The molecule has 0 aromatic carbocycles. The summed E-state index contributed by atoms with van der Waals surface area (Å²) in [6.45, 7) is 11.1. The van der Waals surface area contributed by atoms with Gasteiger partial charge in [-0.25, -0.2) is 16.8 Å². The first-order valence-electron chi connectivity index (χ1n) is 6.66. The number of sulfonamides is 1. The summed E-state index contributed by atoms with van der Waals surface area (Å²) in [5.74, 6) is 0.103. The van der Waals surface area contributed by atoms with E-state index in [-0.39, 0.29) is 22.8 Å². The van der Waals surface area contributed by atoms with E-state index < -0.39 is 25.4 Å². The van der Waals surface area contributed by atoms with Gasteiger partial charge in [-0.15, -0.1) is 0 Å². The summed E-state index contributed by atoms with van der Waals surface area (Å²) in [6.07, 6.45) is 1.08. The van der Waals surface area contributed by atoms with E-state index in [2.05, 4.69) is 0 Å². The van der Waals surface area contributed by atoms with E-state index in [0.717, 1.165) is 10.6 Å². The first-order valence-corrected chi connectivity index (χ1v) is 10.3. The second-order valence-electron chi connectivity index (χ2n) is 7.22. The minimum atomic E-state index is -3.42. The van der Waals surface area contributed by atoms with Gasteiger partial charge in [0.1, 0.15) is 0 Å². The molecule has 20 heavy (non-hydrogen) atoms. The molecule has 0 aliphatic carbocycles. The normalized spacial score (nSPS) is 15.1. The van der Waals surface area contributed by atoms with Crippen LogP contribution in [-0.2, 0) is 19.9 Å². The molecule has 0 aliphatic rings. The van der Waals surface area contributed by atoms with Gasteiger partial charge in [-0.2, -0.15) is 4.31 Å². The molecule has 0 saturated carbocycles. The number of hydrogen-bond acceptors (Lipinski definition) is 4. The number of nitrogens with zero attached hydrogens (tertiary/aromatic N) is 1. The molecule has 0 aromatic rings. The van der Waals surface area contributed by atoms with E-state index in [1.165, 1.54) is 7.05 Å². The summed E-state index contributed by atoms with van der Waals surface area (Å²) in [7, 11) is -5.36. The fourth-order valence-electron chi connectivity index (χ4n) is 1.86. The molecule has 5 nitrogen and oxygen atoms in total. The first kappa shape index (κ1) is 19.9. The highest BCUT2D eigenvalue weighted by Crippen LogP contribution is 2.29. The third-order valence-corrected chi connectivity index (χ3v) is 7.90. The Morgan fingerprint density at radius 2 is 1.35 bits per heavy atom. The number of sulfone groups is 1. The average molecular weight is 328 g/mol. The zero-order valence-electron chi connectivity index (χ0n) is 13.9. The van der Waals surface area contributed by atoms with Gasteiger partial charge in [0.2, 0.25) is 10.0 Å². The van der Waals surface area contributed by atoms with Crippen LogP contribution in [0.1, 0.15) is 41.5 Å². The number of hydrogen-bond donors (Lipinski definition) is 0. The molecule has 0 spiro atoms. The summed E-state index contributed by atoms with van der Waals surface area (Å²) < 4.78 is 49.1. The lowest BCUT2D eigenvalue weighted by molar-refractivity contribution is 0.277. The van der Waals surface area contributed by atoms with Crippen molar-refractivity contribution in [2.75, 3.05) is 24.8 Å². The van der Waals surface area contributed by atoms with Gasteiger partial charge in [0.05, 0.1) is 17.8 Å². The van der Waals surface area contributed by atoms with Gasteiger partial charge in [-0.1, -0.05) is 27.7 Å². The van der Waals surface area contributed by atoms with Crippen molar-refractivity contribution in [3.63, 3.8) is 0 Å². The Balaban J connectivity index is 5.21. The Morgan fingerprint density at radius 1 is 0.950 bits per heavy atom. The SMILES string of the molecule is CC(C)C(C)(C)CS(=O)(=O)CC(C)(C)N(C)S(C)(=O)=O. The van der Waals surface area contributed by atoms with Crippen LogP contribution in [-0.4, -0.2) is 51.5 Å². The quantitative estimate of drug-likeness (QED) is 0.714. The van der Waals surface area contributed by atoms with Gasteiger partial charge in [0, 0.05) is 12.6 Å². The monoisotopic (exact) mass is 327 g/mol. The molecule has 0 rings (SSSR count). The van der Waals surface area contributed by atoms with Crippen LogP contribution < -0.4 is 0 Å². The predicted molar refractivity (Wildman–Crippen MR) is 84.0 cm³/mol. The van der Waals surface area contributed by atoms with Gasteiger partial charge < -0.3 is 0 Å².